The lowest BCUT2D eigenvalue weighted by atomic mass is 9.94. The molecule has 0 spiro atoms. The molecule has 0 saturated carbocycles. The van der Waals surface area contributed by atoms with E-state index >= 15 is 0 Å². The molecular formula is C25H27N5O3. The topological polar surface area (TPSA) is 97.3 Å². The van der Waals surface area contributed by atoms with Crippen LogP contribution in [0.3, 0.4) is 0 Å². The Balaban J connectivity index is 1.37. The molecule has 170 valence electrons. The van der Waals surface area contributed by atoms with E-state index in [0.717, 1.165) is 17.7 Å². The molecule has 0 bridgehead atoms. The number of rotatable bonds is 7. The molecule has 1 aliphatic rings. The van der Waals surface area contributed by atoms with E-state index in [1.807, 2.05) is 47.4 Å². The predicted molar refractivity (Wildman–Crippen MR) is 123 cm³/mol. The zero-order valence-corrected chi connectivity index (χ0v) is 18.8. The number of amides is 2. The van der Waals surface area contributed by atoms with Crippen LogP contribution < -0.4 is 5.32 Å². The van der Waals surface area contributed by atoms with Gasteiger partial charge in [0.05, 0.1) is 12.1 Å². The molecule has 3 aromatic rings. The molecule has 1 fully saturated rings. The number of carbonyl (C=O) groups excluding carboxylic acids is 2. The highest BCUT2D eigenvalue weighted by atomic mass is 16.5. The molecule has 0 aliphatic carbocycles. The first-order valence-corrected chi connectivity index (χ1v) is 10.9. The minimum absolute atomic E-state index is 0.0648. The summed E-state index contributed by atoms with van der Waals surface area (Å²) in [5, 5.41) is 11.2. The number of methoxy groups -OCH3 is 1. The first kappa shape index (κ1) is 22.5. The fourth-order valence-corrected chi connectivity index (χ4v) is 4.05. The average Bonchev–Trinajstić information content (AvgIpc) is 3.35. The predicted octanol–water partition coefficient (Wildman–Crippen LogP) is 2.93. The molecule has 1 aromatic carbocycles. The summed E-state index contributed by atoms with van der Waals surface area (Å²) in [6.45, 7) is 2.98. The van der Waals surface area contributed by atoms with Gasteiger partial charge in [-0.05, 0) is 43.2 Å². The van der Waals surface area contributed by atoms with E-state index in [1.165, 1.54) is 0 Å². The molecule has 4 rings (SSSR count). The number of aromatic nitrogens is 3. The van der Waals surface area contributed by atoms with Gasteiger partial charge in [-0.25, -0.2) is 0 Å². The number of anilines is 1. The molecule has 8 heteroatoms. The Morgan fingerprint density at radius 2 is 1.88 bits per heavy atom. The maximum Gasteiger partial charge on any atom is 0.259 e. The molecule has 1 saturated heterocycles. The lowest BCUT2D eigenvalue weighted by Gasteiger charge is -2.32. The third-order valence-corrected chi connectivity index (χ3v) is 6.06. The van der Waals surface area contributed by atoms with Crippen molar-refractivity contribution in [2.24, 2.45) is 0 Å². The van der Waals surface area contributed by atoms with Gasteiger partial charge in [0.2, 0.25) is 5.91 Å². The maximum atomic E-state index is 13.3. The van der Waals surface area contributed by atoms with Crippen molar-refractivity contribution in [2.45, 2.75) is 31.3 Å². The molecule has 2 amide bonds. The number of nitrogens with one attached hydrogen (secondary N) is 1. The van der Waals surface area contributed by atoms with E-state index in [-0.39, 0.29) is 24.2 Å². The number of benzene rings is 1. The number of likely N-dealkylation sites (tertiary alicyclic amines) is 1. The smallest absolute Gasteiger partial charge is 0.259 e. The van der Waals surface area contributed by atoms with E-state index < -0.39 is 5.60 Å². The van der Waals surface area contributed by atoms with Crippen LogP contribution in [0.5, 0.6) is 0 Å². The molecular weight excluding hydrogens is 418 g/mol. The highest BCUT2D eigenvalue weighted by Gasteiger charge is 2.41. The van der Waals surface area contributed by atoms with Crippen molar-refractivity contribution >= 4 is 17.6 Å². The molecule has 33 heavy (non-hydrogen) atoms. The molecule has 8 nitrogen and oxygen atoms in total. The Bertz CT molecular complexity index is 1090. The van der Waals surface area contributed by atoms with Gasteiger partial charge in [0.1, 0.15) is 0 Å². The molecule has 0 radical (unpaired) electrons. The second-order valence-electron chi connectivity index (χ2n) is 8.23. The van der Waals surface area contributed by atoms with Crippen LogP contribution >= 0.6 is 0 Å². The fraction of sp³-hybridized carbons (Fsp3) is 0.320. The number of ether oxygens (including phenoxy) is 1. The fourth-order valence-electron chi connectivity index (χ4n) is 4.05. The number of hydrogen-bond donors (Lipinski definition) is 1. The minimum Gasteiger partial charge on any atom is -0.364 e. The van der Waals surface area contributed by atoms with Crippen molar-refractivity contribution in [3.05, 3.63) is 83.8 Å². The van der Waals surface area contributed by atoms with Gasteiger partial charge >= 0.3 is 0 Å². The van der Waals surface area contributed by atoms with E-state index in [2.05, 4.69) is 20.5 Å². The zero-order valence-electron chi connectivity index (χ0n) is 18.8. The first-order valence-electron chi connectivity index (χ1n) is 10.9. The van der Waals surface area contributed by atoms with Crippen molar-refractivity contribution in [1.29, 1.82) is 0 Å². The lowest BCUT2D eigenvalue weighted by Crippen LogP contribution is -2.45. The van der Waals surface area contributed by atoms with Crippen LogP contribution in [0.15, 0.2) is 66.9 Å². The Hall–Kier alpha value is -3.65. The van der Waals surface area contributed by atoms with Gasteiger partial charge in [-0.3, -0.25) is 14.6 Å². The third-order valence-electron chi connectivity index (χ3n) is 6.06. The van der Waals surface area contributed by atoms with Crippen LogP contribution in [0, 0.1) is 0 Å². The van der Waals surface area contributed by atoms with Crippen LogP contribution in [0.25, 0.3) is 0 Å². The summed E-state index contributed by atoms with van der Waals surface area (Å²) in [7, 11) is 1.56. The highest BCUT2D eigenvalue weighted by Crippen LogP contribution is 2.32. The summed E-state index contributed by atoms with van der Waals surface area (Å²) in [6, 6.07) is 18.6. The third kappa shape index (κ3) is 5.06. The lowest BCUT2D eigenvalue weighted by molar-refractivity contribution is -0.153. The van der Waals surface area contributed by atoms with E-state index in [4.69, 9.17) is 4.74 Å². The Morgan fingerprint density at radius 3 is 2.55 bits per heavy atom. The first-order chi connectivity index (χ1) is 16.0. The Kier molecular flexibility index (Phi) is 6.74. The molecule has 1 unspecified atom stereocenters. The number of carbonyl (C=O) groups is 2. The molecule has 3 heterocycles. The highest BCUT2D eigenvalue weighted by molar-refractivity contribution is 5.91. The van der Waals surface area contributed by atoms with E-state index in [0.29, 0.717) is 24.6 Å². The summed E-state index contributed by atoms with van der Waals surface area (Å²) >= 11 is 0. The second-order valence-corrected chi connectivity index (χ2v) is 8.23. The summed E-state index contributed by atoms with van der Waals surface area (Å²) in [6.07, 6.45) is 2.62. The second kappa shape index (κ2) is 9.87. The van der Waals surface area contributed by atoms with Gasteiger partial charge < -0.3 is 15.0 Å². The Morgan fingerprint density at radius 1 is 1.09 bits per heavy atom. The SMILES string of the molecule is COC(C)(C(=O)N1CC[C@@H](c2ccc(NC(=O)Cc3ccccn3)nn2)C1)c1ccccc1. The number of nitrogens with zero attached hydrogens (tertiary/aromatic N) is 4. The van der Waals surface area contributed by atoms with Crippen molar-refractivity contribution in [3.63, 3.8) is 0 Å². The summed E-state index contributed by atoms with van der Waals surface area (Å²) in [4.78, 5) is 31.5. The Labute approximate surface area is 193 Å². The number of hydrogen-bond acceptors (Lipinski definition) is 6. The monoisotopic (exact) mass is 445 g/mol. The van der Waals surface area contributed by atoms with Crippen LogP contribution in [-0.2, 0) is 26.3 Å². The van der Waals surface area contributed by atoms with Crippen LogP contribution in [0.4, 0.5) is 5.82 Å². The van der Waals surface area contributed by atoms with E-state index in [9.17, 15) is 9.59 Å². The normalized spacial score (nSPS) is 17.4. The van der Waals surface area contributed by atoms with Crippen LogP contribution in [-0.4, -0.2) is 52.1 Å². The minimum atomic E-state index is -1.04. The van der Waals surface area contributed by atoms with Gasteiger partial charge in [-0.2, -0.15) is 5.10 Å². The summed E-state index contributed by atoms with van der Waals surface area (Å²) < 4.78 is 5.67. The largest absolute Gasteiger partial charge is 0.364 e. The summed E-state index contributed by atoms with van der Waals surface area (Å²) in [5.41, 5.74) is 1.27. The van der Waals surface area contributed by atoms with Gasteiger partial charge in [0.15, 0.2) is 11.4 Å². The maximum absolute atomic E-state index is 13.3. The zero-order chi connectivity index (χ0) is 23.3. The van der Waals surface area contributed by atoms with E-state index in [1.54, 1.807) is 38.4 Å². The van der Waals surface area contributed by atoms with Gasteiger partial charge in [0, 0.05) is 38.0 Å². The van der Waals surface area contributed by atoms with Gasteiger partial charge in [0.25, 0.3) is 5.91 Å². The van der Waals surface area contributed by atoms with Gasteiger partial charge in [-0.1, -0.05) is 36.4 Å². The quantitative estimate of drug-likeness (QED) is 0.601. The summed E-state index contributed by atoms with van der Waals surface area (Å²) in [5.74, 6) is 0.205. The van der Waals surface area contributed by atoms with Crippen molar-refractivity contribution in [1.82, 2.24) is 20.1 Å². The van der Waals surface area contributed by atoms with Gasteiger partial charge in [-0.15, -0.1) is 5.10 Å². The molecule has 2 atom stereocenters. The van der Waals surface area contributed by atoms with Crippen molar-refractivity contribution < 1.29 is 14.3 Å². The molecule has 1 N–H and O–H groups in total. The molecule has 2 aromatic heterocycles. The van der Waals surface area contributed by atoms with Crippen molar-refractivity contribution in [3.8, 4) is 0 Å². The number of pyridine rings is 1. The molecule has 1 aliphatic heterocycles. The van der Waals surface area contributed by atoms with Crippen LogP contribution in [0.1, 0.15) is 36.2 Å². The average molecular weight is 446 g/mol. The standard InChI is InChI=1S/C25H27N5O3/c1-25(33-2,19-8-4-3-5-9-19)24(32)30-15-13-18(17-30)21-11-12-22(29-28-21)27-23(31)16-20-10-6-7-14-26-20/h3-12,14,18H,13,15-17H2,1-2H3,(H,27,29,31)/t18-,25?/m1/s1. The van der Waals surface area contributed by atoms with Crippen LogP contribution in [0.2, 0.25) is 0 Å². The van der Waals surface area contributed by atoms with Crippen molar-refractivity contribution in [2.75, 3.05) is 25.5 Å².